The molecule has 0 aromatic rings. The standard InChI is InChI=1S/C14H25N3/c1-12(2)13(3)6-7-14(15-4)17-10-8-16(5)9-11-17/h6-7,12H,3,8-11H2,1-2,4-5H3/b7-6-,15-14?. The van der Waals surface area contributed by atoms with Gasteiger partial charge in [0.15, 0.2) is 0 Å². The van der Waals surface area contributed by atoms with Crippen LogP contribution in [-0.4, -0.2) is 55.9 Å². The molecule has 1 saturated heterocycles. The first-order valence-corrected chi connectivity index (χ1v) is 6.31. The number of allylic oxidation sites excluding steroid dienone is 2. The second-order valence-electron chi connectivity index (χ2n) is 4.94. The number of likely N-dealkylation sites (N-methyl/N-ethyl adjacent to an activating group) is 1. The molecule has 1 heterocycles. The first kappa shape index (κ1) is 14.0. The minimum absolute atomic E-state index is 0.497. The monoisotopic (exact) mass is 235 g/mol. The summed E-state index contributed by atoms with van der Waals surface area (Å²) in [7, 11) is 4.02. The Morgan fingerprint density at radius 2 is 1.76 bits per heavy atom. The zero-order valence-electron chi connectivity index (χ0n) is 11.6. The number of hydrogen-bond acceptors (Lipinski definition) is 2. The summed E-state index contributed by atoms with van der Waals surface area (Å²) in [6.07, 6.45) is 4.18. The highest BCUT2D eigenvalue weighted by molar-refractivity contribution is 5.93. The number of amidine groups is 1. The Morgan fingerprint density at radius 3 is 2.24 bits per heavy atom. The molecule has 1 aliphatic rings. The number of piperazine rings is 1. The summed E-state index contributed by atoms with van der Waals surface area (Å²) in [6.45, 7) is 12.7. The van der Waals surface area contributed by atoms with Crippen molar-refractivity contribution in [2.45, 2.75) is 13.8 Å². The lowest BCUT2D eigenvalue weighted by atomic mass is 10.1. The SMILES string of the molecule is C=C(/C=C\C(=NC)N1CCN(C)CC1)C(C)C. The van der Waals surface area contributed by atoms with Crippen LogP contribution < -0.4 is 0 Å². The van der Waals surface area contributed by atoms with E-state index in [1.165, 1.54) is 0 Å². The summed E-state index contributed by atoms with van der Waals surface area (Å²) in [5, 5.41) is 0. The van der Waals surface area contributed by atoms with Crippen LogP contribution in [-0.2, 0) is 0 Å². The largest absolute Gasteiger partial charge is 0.354 e. The lowest BCUT2D eigenvalue weighted by molar-refractivity contribution is 0.216. The summed E-state index contributed by atoms with van der Waals surface area (Å²) in [6, 6.07) is 0. The van der Waals surface area contributed by atoms with E-state index in [9.17, 15) is 0 Å². The third-order valence-electron chi connectivity index (χ3n) is 3.24. The molecule has 0 spiro atoms. The molecule has 1 fully saturated rings. The Morgan fingerprint density at radius 1 is 1.18 bits per heavy atom. The lowest BCUT2D eigenvalue weighted by Crippen LogP contribution is -2.46. The summed E-state index contributed by atoms with van der Waals surface area (Å²) < 4.78 is 0. The molecule has 0 bridgehead atoms. The first-order valence-electron chi connectivity index (χ1n) is 6.31. The van der Waals surface area contributed by atoms with Crippen molar-refractivity contribution in [2.24, 2.45) is 10.9 Å². The van der Waals surface area contributed by atoms with Crippen LogP contribution in [0.2, 0.25) is 0 Å². The van der Waals surface area contributed by atoms with Crippen molar-refractivity contribution in [1.82, 2.24) is 9.80 Å². The van der Waals surface area contributed by atoms with Gasteiger partial charge >= 0.3 is 0 Å². The van der Waals surface area contributed by atoms with Crippen molar-refractivity contribution < 1.29 is 0 Å². The van der Waals surface area contributed by atoms with Gasteiger partial charge in [-0.15, -0.1) is 0 Å². The van der Waals surface area contributed by atoms with E-state index in [0.29, 0.717) is 5.92 Å². The molecule has 3 nitrogen and oxygen atoms in total. The smallest absolute Gasteiger partial charge is 0.123 e. The van der Waals surface area contributed by atoms with Crippen molar-refractivity contribution in [2.75, 3.05) is 40.3 Å². The molecule has 3 heteroatoms. The summed E-state index contributed by atoms with van der Waals surface area (Å²) in [5.41, 5.74) is 1.15. The normalized spacial score (nSPS) is 19.4. The van der Waals surface area contributed by atoms with Crippen LogP contribution in [0.3, 0.4) is 0 Å². The topological polar surface area (TPSA) is 18.8 Å². The van der Waals surface area contributed by atoms with E-state index in [1.807, 2.05) is 7.05 Å². The highest BCUT2D eigenvalue weighted by Gasteiger charge is 2.15. The average Bonchev–Trinajstić information content (AvgIpc) is 2.31. The van der Waals surface area contributed by atoms with Crippen molar-refractivity contribution in [3.05, 3.63) is 24.3 Å². The number of aliphatic imine (C=N–C) groups is 1. The van der Waals surface area contributed by atoms with E-state index < -0.39 is 0 Å². The molecular weight excluding hydrogens is 210 g/mol. The van der Waals surface area contributed by atoms with Crippen LogP contribution in [0, 0.1) is 5.92 Å². The minimum atomic E-state index is 0.497. The minimum Gasteiger partial charge on any atom is -0.354 e. The van der Waals surface area contributed by atoms with Crippen LogP contribution in [0.15, 0.2) is 29.3 Å². The van der Waals surface area contributed by atoms with Crippen LogP contribution in [0.4, 0.5) is 0 Å². The highest BCUT2D eigenvalue weighted by Crippen LogP contribution is 2.09. The third-order valence-corrected chi connectivity index (χ3v) is 3.24. The van der Waals surface area contributed by atoms with E-state index in [-0.39, 0.29) is 0 Å². The summed E-state index contributed by atoms with van der Waals surface area (Å²) >= 11 is 0. The predicted molar refractivity (Wildman–Crippen MR) is 75.5 cm³/mol. The Kier molecular flexibility index (Phi) is 5.42. The molecular formula is C14H25N3. The zero-order valence-corrected chi connectivity index (χ0v) is 11.6. The highest BCUT2D eigenvalue weighted by atomic mass is 15.3. The fourth-order valence-corrected chi connectivity index (χ4v) is 1.73. The van der Waals surface area contributed by atoms with Gasteiger partial charge in [0.2, 0.25) is 0 Å². The maximum absolute atomic E-state index is 4.36. The summed E-state index contributed by atoms with van der Waals surface area (Å²) in [4.78, 5) is 9.05. The van der Waals surface area contributed by atoms with Gasteiger partial charge < -0.3 is 9.80 Å². The van der Waals surface area contributed by atoms with Gasteiger partial charge in [-0.05, 0) is 19.0 Å². The van der Waals surface area contributed by atoms with E-state index in [2.05, 4.69) is 54.4 Å². The Bertz CT molecular complexity index is 307. The second-order valence-corrected chi connectivity index (χ2v) is 4.94. The van der Waals surface area contributed by atoms with Gasteiger partial charge in [0, 0.05) is 33.2 Å². The molecule has 0 saturated carbocycles. The van der Waals surface area contributed by atoms with Gasteiger partial charge in [-0.1, -0.05) is 32.1 Å². The maximum Gasteiger partial charge on any atom is 0.123 e. The molecule has 0 atom stereocenters. The summed E-state index contributed by atoms with van der Waals surface area (Å²) in [5.74, 6) is 1.57. The first-order chi connectivity index (χ1) is 8.04. The van der Waals surface area contributed by atoms with E-state index in [0.717, 1.165) is 37.6 Å². The fourth-order valence-electron chi connectivity index (χ4n) is 1.73. The number of rotatable bonds is 3. The van der Waals surface area contributed by atoms with E-state index >= 15 is 0 Å². The Balaban J connectivity index is 2.58. The molecule has 1 aliphatic heterocycles. The van der Waals surface area contributed by atoms with E-state index in [4.69, 9.17) is 0 Å². The van der Waals surface area contributed by atoms with Crippen molar-refractivity contribution in [3.63, 3.8) is 0 Å². The van der Waals surface area contributed by atoms with Crippen molar-refractivity contribution >= 4 is 5.84 Å². The Labute approximate surface area is 106 Å². The quantitative estimate of drug-likeness (QED) is 0.423. The van der Waals surface area contributed by atoms with Gasteiger partial charge in [0.05, 0.1) is 0 Å². The lowest BCUT2D eigenvalue weighted by Gasteiger charge is -2.33. The predicted octanol–water partition coefficient (Wildman–Crippen LogP) is 2.03. The third kappa shape index (κ3) is 4.35. The average molecular weight is 235 g/mol. The molecule has 0 N–H and O–H groups in total. The van der Waals surface area contributed by atoms with Gasteiger partial charge in [-0.3, -0.25) is 4.99 Å². The molecule has 96 valence electrons. The van der Waals surface area contributed by atoms with Gasteiger partial charge in [-0.25, -0.2) is 0 Å². The van der Waals surface area contributed by atoms with Crippen molar-refractivity contribution in [3.8, 4) is 0 Å². The fraction of sp³-hybridized carbons (Fsp3) is 0.643. The molecule has 0 radical (unpaired) electrons. The van der Waals surface area contributed by atoms with Crippen LogP contribution in [0.5, 0.6) is 0 Å². The van der Waals surface area contributed by atoms with Gasteiger partial charge in [0.25, 0.3) is 0 Å². The number of nitrogens with zero attached hydrogens (tertiary/aromatic N) is 3. The van der Waals surface area contributed by atoms with Gasteiger partial charge in [0.1, 0.15) is 5.84 Å². The molecule has 0 aromatic carbocycles. The molecule has 17 heavy (non-hydrogen) atoms. The second kappa shape index (κ2) is 6.60. The van der Waals surface area contributed by atoms with Gasteiger partial charge in [-0.2, -0.15) is 0 Å². The van der Waals surface area contributed by atoms with Crippen LogP contribution >= 0.6 is 0 Å². The van der Waals surface area contributed by atoms with Crippen LogP contribution in [0.1, 0.15) is 13.8 Å². The van der Waals surface area contributed by atoms with E-state index in [1.54, 1.807) is 0 Å². The molecule has 0 aromatic heterocycles. The van der Waals surface area contributed by atoms with Crippen molar-refractivity contribution in [1.29, 1.82) is 0 Å². The Hall–Kier alpha value is -1.09. The number of hydrogen-bond donors (Lipinski definition) is 0. The molecule has 1 rings (SSSR count). The maximum atomic E-state index is 4.36. The molecule has 0 aliphatic carbocycles. The molecule has 0 unspecified atom stereocenters. The molecule has 0 amide bonds. The van der Waals surface area contributed by atoms with Crippen LogP contribution in [0.25, 0.3) is 0 Å². The zero-order chi connectivity index (χ0) is 12.8.